The molecular formula is C16H20N6. The van der Waals surface area contributed by atoms with Crippen molar-refractivity contribution in [1.82, 2.24) is 29.8 Å². The van der Waals surface area contributed by atoms with Gasteiger partial charge in [-0.25, -0.2) is 0 Å². The zero-order valence-electron chi connectivity index (χ0n) is 12.9. The van der Waals surface area contributed by atoms with Gasteiger partial charge in [0.1, 0.15) is 12.2 Å². The molecule has 0 saturated carbocycles. The molecule has 0 spiro atoms. The van der Waals surface area contributed by atoms with Gasteiger partial charge in [0.25, 0.3) is 0 Å². The third-order valence-corrected chi connectivity index (χ3v) is 3.90. The van der Waals surface area contributed by atoms with Crippen LogP contribution in [0, 0.1) is 0 Å². The topological polar surface area (TPSA) is 61.4 Å². The summed E-state index contributed by atoms with van der Waals surface area (Å²) in [5.74, 6) is 1.23. The summed E-state index contributed by atoms with van der Waals surface area (Å²) in [4.78, 5) is 0. The van der Waals surface area contributed by atoms with Crippen molar-refractivity contribution in [2.45, 2.75) is 39.3 Å². The Morgan fingerprint density at radius 2 is 1.95 bits per heavy atom. The second-order valence-electron chi connectivity index (χ2n) is 5.32. The molecule has 0 aliphatic heterocycles. The van der Waals surface area contributed by atoms with Gasteiger partial charge in [-0.15, -0.1) is 15.3 Å². The van der Waals surface area contributed by atoms with E-state index in [2.05, 4.69) is 46.5 Å². The summed E-state index contributed by atoms with van der Waals surface area (Å²) in [6, 6.07) is 10.4. The summed E-state index contributed by atoms with van der Waals surface area (Å²) >= 11 is 0. The van der Waals surface area contributed by atoms with Crippen LogP contribution in [0.2, 0.25) is 0 Å². The number of hydrogen-bond donors (Lipinski definition) is 0. The van der Waals surface area contributed by atoms with E-state index in [4.69, 9.17) is 0 Å². The van der Waals surface area contributed by atoms with E-state index in [-0.39, 0.29) is 5.92 Å². The number of benzene rings is 1. The van der Waals surface area contributed by atoms with Gasteiger partial charge in [0.05, 0.1) is 5.69 Å². The van der Waals surface area contributed by atoms with E-state index in [1.165, 1.54) is 5.56 Å². The van der Waals surface area contributed by atoms with E-state index in [1.54, 1.807) is 6.33 Å². The Morgan fingerprint density at radius 1 is 1.14 bits per heavy atom. The molecule has 2 aromatic heterocycles. The lowest BCUT2D eigenvalue weighted by molar-refractivity contribution is 0.560. The molecule has 0 radical (unpaired) electrons. The molecule has 0 fully saturated rings. The third kappa shape index (κ3) is 3.05. The van der Waals surface area contributed by atoms with Gasteiger partial charge in [-0.1, -0.05) is 42.5 Å². The Bertz CT molecular complexity index is 715. The van der Waals surface area contributed by atoms with Gasteiger partial charge >= 0.3 is 0 Å². The highest BCUT2D eigenvalue weighted by Gasteiger charge is 2.12. The second kappa shape index (κ2) is 6.51. The van der Waals surface area contributed by atoms with Crippen LogP contribution in [0.4, 0.5) is 0 Å². The van der Waals surface area contributed by atoms with E-state index < -0.39 is 0 Å². The maximum Gasteiger partial charge on any atom is 0.134 e. The van der Waals surface area contributed by atoms with Crippen LogP contribution < -0.4 is 0 Å². The van der Waals surface area contributed by atoms with Crippen LogP contribution in [0.1, 0.15) is 36.8 Å². The molecule has 3 aromatic rings. The molecule has 0 bridgehead atoms. The van der Waals surface area contributed by atoms with E-state index >= 15 is 0 Å². The number of rotatable bonds is 6. The van der Waals surface area contributed by atoms with Crippen LogP contribution in [0.15, 0.2) is 42.9 Å². The normalized spacial score (nSPS) is 12.5. The Labute approximate surface area is 129 Å². The fraction of sp³-hybridized carbons (Fsp3) is 0.375. The van der Waals surface area contributed by atoms with Crippen LogP contribution in [0.5, 0.6) is 0 Å². The molecule has 0 aliphatic carbocycles. The molecule has 2 heterocycles. The Hall–Kier alpha value is -2.50. The van der Waals surface area contributed by atoms with Crippen molar-refractivity contribution in [2.24, 2.45) is 0 Å². The first-order valence-corrected chi connectivity index (χ1v) is 7.59. The van der Waals surface area contributed by atoms with Crippen molar-refractivity contribution in [3.63, 3.8) is 0 Å². The molecule has 1 atom stereocenters. The first kappa shape index (κ1) is 14.4. The van der Waals surface area contributed by atoms with E-state index in [9.17, 15) is 0 Å². The van der Waals surface area contributed by atoms with Gasteiger partial charge in [0, 0.05) is 31.6 Å². The molecule has 22 heavy (non-hydrogen) atoms. The van der Waals surface area contributed by atoms with Gasteiger partial charge in [0.2, 0.25) is 0 Å². The minimum Gasteiger partial charge on any atom is -0.318 e. The number of hydrogen-bond acceptors (Lipinski definition) is 4. The van der Waals surface area contributed by atoms with Crippen molar-refractivity contribution in [3.8, 4) is 0 Å². The maximum absolute atomic E-state index is 4.31. The maximum atomic E-state index is 4.31. The first-order chi connectivity index (χ1) is 10.8. The largest absolute Gasteiger partial charge is 0.318 e. The molecule has 3 rings (SSSR count). The van der Waals surface area contributed by atoms with Crippen molar-refractivity contribution in [3.05, 3.63) is 59.9 Å². The standard InChI is InChI=1S/C16H20N6/c1-3-21-12-17-19-16(21)9-10-22-11-15(18-20-22)13(2)14-7-5-4-6-8-14/h4-8,11-13H,3,9-10H2,1-2H3. The highest BCUT2D eigenvalue weighted by molar-refractivity contribution is 5.25. The SMILES string of the molecule is CCn1cnnc1CCn1cc(C(C)c2ccccc2)nn1. The average molecular weight is 296 g/mol. The monoisotopic (exact) mass is 296 g/mol. The van der Waals surface area contributed by atoms with Crippen molar-refractivity contribution >= 4 is 0 Å². The minimum atomic E-state index is 0.245. The first-order valence-electron chi connectivity index (χ1n) is 7.59. The molecule has 0 N–H and O–H groups in total. The fourth-order valence-corrected chi connectivity index (χ4v) is 2.48. The summed E-state index contributed by atoms with van der Waals surface area (Å²) < 4.78 is 3.92. The lowest BCUT2D eigenvalue weighted by Gasteiger charge is -2.07. The van der Waals surface area contributed by atoms with E-state index in [1.807, 2.05) is 33.6 Å². The summed E-state index contributed by atoms with van der Waals surface area (Å²) in [6.45, 7) is 5.88. The Balaban J connectivity index is 1.66. The molecule has 114 valence electrons. The predicted octanol–water partition coefficient (Wildman–Crippen LogP) is 2.28. The Kier molecular flexibility index (Phi) is 4.27. The van der Waals surface area contributed by atoms with Gasteiger partial charge in [0.15, 0.2) is 0 Å². The van der Waals surface area contributed by atoms with Crippen LogP contribution in [-0.2, 0) is 19.5 Å². The molecule has 1 aromatic carbocycles. The lowest BCUT2D eigenvalue weighted by Crippen LogP contribution is -2.07. The summed E-state index contributed by atoms with van der Waals surface area (Å²) in [5, 5.41) is 16.6. The third-order valence-electron chi connectivity index (χ3n) is 3.90. The van der Waals surface area contributed by atoms with Crippen LogP contribution in [0.3, 0.4) is 0 Å². The zero-order chi connectivity index (χ0) is 15.4. The van der Waals surface area contributed by atoms with Gasteiger partial charge in [-0.3, -0.25) is 4.68 Å². The highest BCUT2D eigenvalue weighted by Crippen LogP contribution is 2.21. The van der Waals surface area contributed by atoms with Gasteiger partial charge in [-0.05, 0) is 12.5 Å². The molecule has 6 nitrogen and oxygen atoms in total. The second-order valence-corrected chi connectivity index (χ2v) is 5.32. The van der Waals surface area contributed by atoms with E-state index in [0.29, 0.717) is 0 Å². The smallest absolute Gasteiger partial charge is 0.134 e. The Morgan fingerprint density at radius 3 is 2.73 bits per heavy atom. The molecule has 6 heteroatoms. The van der Waals surface area contributed by atoms with E-state index in [0.717, 1.165) is 31.0 Å². The number of nitrogens with zero attached hydrogens (tertiary/aromatic N) is 6. The summed E-state index contributed by atoms with van der Waals surface area (Å²) in [5.41, 5.74) is 2.24. The van der Waals surface area contributed by atoms with Crippen molar-refractivity contribution < 1.29 is 0 Å². The molecule has 0 aliphatic rings. The van der Waals surface area contributed by atoms with Gasteiger partial charge < -0.3 is 4.57 Å². The molecule has 0 saturated heterocycles. The highest BCUT2D eigenvalue weighted by atomic mass is 15.4. The number of aromatic nitrogens is 6. The zero-order valence-corrected chi connectivity index (χ0v) is 12.9. The molecule has 1 unspecified atom stereocenters. The van der Waals surface area contributed by atoms with Gasteiger partial charge in [-0.2, -0.15) is 0 Å². The van der Waals surface area contributed by atoms with Crippen molar-refractivity contribution in [1.29, 1.82) is 0 Å². The van der Waals surface area contributed by atoms with Crippen LogP contribution >= 0.6 is 0 Å². The van der Waals surface area contributed by atoms with Crippen LogP contribution in [-0.4, -0.2) is 29.8 Å². The quantitative estimate of drug-likeness (QED) is 0.700. The fourth-order valence-electron chi connectivity index (χ4n) is 2.48. The molecule has 0 amide bonds. The summed E-state index contributed by atoms with van der Waals surface area (Å²) in [7, 11) is 0. The van der Waals surface area contributed by atoms with Crippen LogP contribution in [0.25, 0.3) is 0 Å². The number of aryl methyl sites for hydroxylation is 3. The molecular weight excluding hydrogens is 276 g/mol. The minimum absolute atomic E-state index is 0.245. The average Bonchev–Trinajstić information content (AvgIpc) is 3.21. The predicted molar refractivity (Wildman–Crippen MR) is 83.4 cm³/mol. The lowest BCUT2D eigenvalue weighted by atomic mass is 9.99. The summed E-state index contributed by atoms with van der Waals surface area (Å²) in [6.07, 6.45) is 4.58. The van der Waals surface area contributed by atoms with Crippen molar-refractivity contribution in [2.75, 3.05) is 0 Å².